The van der Waals surface area contributed by atoms with E-state index < -0.39 is 11.9 Å². The van der Waals surface area contributed by atoms with Gasteiger partial charge in [-0.3, -0.25) is 4.79 Å². The number of amides is 1. The first-order valence-electron chi connectivity index (χ1n) is 4.13. The van der Waals surface area contributed by atoms with Crippen molar-refractivity contribution in [2.75, 3.05) is 5.32 Å². The fourth-order valence-corrected chi connectivity index (χ4v) is 1.04. The van der Waals surface area contributed by atoms with Crippen LogP contribution in [0.15, 0.2) is 12.1 Å². The first kappa shape index (κ1) is 11.5. The van der Waals surface area contributed by atoms with Crippen molar-refractivity contribution in [3.63, 3.8) is 0 Å². The minimum absolute atomic E-state index is 0.139. The summed E-state index contributed by atoms with van der Waals surface area (Å²) in [7, 11) is 0. The van der Waals surface area contributed by atoms with Crippen molar-refractivity contribution >= 4 is 11.6 Å². The predicted molar refractivity (Wildman–Crippen MR) is 48.3 cm³/mol. The van der Waals surface area contributed by atoms with Gasteiger partial charge in [0.15, 0.2) is 0 Å². The molecule has 1 N–H and O–H groups in total. The summed E-state index contributed by atoms with van der Waals surface area (Å²) in [6.07, 6.45) is -4.46. The van der Waals surface area contributed by atoms with Crippen molar-refractivity contribution in [1.82, 2.24) is 4.98 Å². The number of aromatic nitrogens is 1. The lowest BCUT2D eigenvalue weighted by atomic mass is 10.2. The number of pyridine rings is 1. The molecule has 1 rings (SSSR count). The molecular weight excluding hydrogens is 209 g/mol. The monoisotopic (exact) mass is 218 g/mol. The van der Waals surface area contributed by atoms with Crippen LogP contribution < -0.4 is 5.32 Å². The molecule has 0 atom stereocenters. The molecule has 15 heavy (non-hydrogen) atoms. The number of carbonyl (C=O) groups excluding carboxylic acids is 1. The molecule has 0 fully saturated rings. The molecule has 0 aromatic carbocycles. The standard InChI is InChI=1S/C9H9F3N2O/c1-5-7(14-6(2)15)3-4-8(13-5)9(10,11)12/h3-4H,1-2H3,(H,14,15). The number of alkyl halides is 3. The van der Waals surface area contributed by atoms with E-state index in [0.29, 0.717) is 0 Å². The number of hydrogen-bond donors (Lipinski definition) is 1. The van der Waals surface area contributed by atoms with E-state index in [-0.39, 0.29) is 17.3 Å². The molecule has 1 heterocycles. The highest BCUT2D eigenvalue weighted by Gasteiger charge is 2.32. The summed E-state index contributed by atoms with van der Waals surface area (Å²) in [6.45, 7) is 2.68. The van der Waals surface area contributed by atoms with Crippen LogP contribution in [0.5, 0.6) is 0 Å². The quantitative estimate of drug-likeness (QED) is 0.786. The van der Waals surface area contributed by atoms with Crippen LogP contribution in [0.2, 0.25) is 0 Å². The van der Waals surface area contributed by atoms with Gasteiger partial charge < -0.3 is 5.32 Å². The summed E-state index contributed by atoms with van der Waals surface area (Å²) >= 11 is 0. The fourth-order valence-electron chi connectivity index (χ4n) is 1.04. The van der Waals surface area contributed by atoms with Gasteiger partial charge in [0.05, 0.1) is 11.4 Å². The highest BCUT2D eigenvalue weighted by Crippen LogP contribution is 2.29. The summed E-state index contributed by atoms with van der Waals surface area (Å²) < 4.78 is 36.6. The van der Waals surface area contributed by atoms with Gasteiger partial charge in [-0.05, 0) is 19.1 Å². The fraction of sp³-hybridized carbons (Fsp3) is 0.333. The predicted octanol–water partition coefficient (Wildman–Crippen LogP) is 2.37. The maximum Gasteiger partial charge on any atom is 0.433 e. The Hall–Kier alpha value is -1.59. The highest BCUT2D eigenvalue weighted by atomic mass is 19.4. The molecule has 0 spiro atoms. The molecule has 0 bridgehead atoms. The summed E-state index contributed by atoms with van der Waals surface area (Å²) in [4.78, 5) is 14.0. The first-order chi connectivity index (χ1) is 6.80. The van der Waals surface area contributed by atoms with E-state index in [1.54, 1.807) is 0 Å². The molecule has 0 unspecified atom stereocenters. The number of aryl methyl sites for hydroxylation is 1. The molecule has 0 radical (unpaired) electrons. The molecule has 1 aromatic rings. The Bertz CT molecular complexity index is 387. The van der Waals surface area contributed by atoms with Crippen LogP contribution in [-0.4, -0.2) is 10.9 Å². The van der Waals surface area contributed by atoms with Crippen LogP contribution in [0, 0.1) is 6.92 Å². The van der Waals surface area contributed by atoms with Crippen LogP contribution in [0.1, 0.15) is 18.3 Å². The molecule has 0 saturated carbocycles. The van der Waals surface area contributed by atoms with Gasteiger partial charge in [-0.2, -0.15) is 13.2 Å². The minimum atomic E-state index is -4.46. The van der Waals surface area contributed by atoms with Crippen molar-refractivity contribution in [2.45, 2.75) is 20.0 Å². The Morgan fingerprint density at radius 3 is 2.40 bits per heavy atom. The molecule has 0 aliphatic heterocycles. The highest BCUT2D eigenvalue weighted by molar-refractivity contribution is 5.89. The van der Waals surface area contributed by atoms with E-state index in [9.17, 15) is 18.0 Å². The van der Waals surface area contributed by atoms with Crippen LogP contribution in [0.4, 0.5) is 18.9 Å². The van der Waals surface area contributed by atoms with E-state index in [2.05, 4.69) is 10.3 Å². The van der Waals surface area contributed by atoms with Gasteiger partial charge in [0.25, 0.3) is 0 Å². The molecule has 82 valence electrons. The Balaban J connectivity index is 3.03. The van der Waals surface area contributed by atoms with Crippen molar-refractivity contribution in [2.24, 2.45) is 0 Å². The second-order valence-corrected chi connectivity index (χ2v) is 3.01. The Kier molecular flexibility index (Phi) is 2.97. The third-order valence-corrected chi connectivity index (χ3v) is 1.69. The lowest BCUT2D eigenvalue weighted by Gasteiger charge is -2.09. The van der Waals surface area contributed by atoms with Crippen molar-refractivity contribution < 1.29 is 18.0 Å². The maximum absolute atomic E-state index is 12.2. The van der Waals surface area contributed by atoms with Crippen molar-refractivity contribution in [3.05, 3.63) is 23.5 Å². The third-order valence-electron chi connectivity index (χ3n) is 1.69. The topological polar surface area (TPSA) is 42.0 Å². The van der Waals surface area contributed by atoms with Gasteiger partial charge in [-0.15, -0.1) is 0 Å². The molecular formula is C9H9F3N2O. The Morgan fingerprint density at radius 1 is 1.40 bits per heavy atom. The smallest absolute Gasteiger partial charge is 0.325 e. The van der Waals surface area contributed by atoms with E-state index in [1.165, 1.54) is 19.9 Å². The lowest BCUT2D eigenvalue weighted by molar-refractivity contribution is -0.141. The zero-order chi connectivity index (χ0) is 11.6. The minimum Gasteiger partial charge on any atom is -0.325 e. The number of rotatable bonds is 1. The molecule has 0 saturated heterocycles. The van der Waals surface area contributed by atoms with E-state index in [4.69, 9.17) is 0 Å². The van der Waals surface area contributed by atoms with Crippen molar-refractivity contribution in [1.29, 1.82) is 0 Å². The summed E-state index contributed by atoms with van der Waals surface area (Å²) in [5, 5.41) is 2.38. The molecule has 1 amide bonds. The van der Waals surface area contributed by atoms with Crippen LogP contribution in [-0.2, 0) is 11.0 Å². The molecule has 6 heteroatoms. The van der Waals surface area contributed by atoms with Gasteiger partial charge in [0.1, 0.15) is 5.69 Å². The third kappa shape index (κ3) is 2.93. The van der Waals surface area contributed by atoms with Gasteiger partial charge >= 0.3 is 6.18 Å². The summed E-state index contributed by atoms with van der Waals surface area (Å²) in [5.41, 5.74) is -0.537. The Morgan fingerprint density at radius 2 is 2.00 bits per heavy atom. The first-order valence-corrected chi connectivity index (χ1v) is 4.13. The molecule has 3 nitrogen and oxygen atoms in total. The average Bonchev–Trinajstić information content (AvgIpc) is 2.05. The van der Waals surface area contributed by atoms with Crippen LogP contribution >= 0.6 is 0 Å². The van der Waals surface area contributed by atoms with Gasteiger partial charge in [0.2, 0.25) is 5.91 Å². The van der Waals surface area contributed by atoms with E-state index in [0.717, 1.165) is 6.07 Å². The number of hydrogen-bond acceptors (Lipinski definition) is 2. The van der Waals surface area contributed by atoms with Gasteiger partial charge in [0, 0.05) is 6.92 Å². The number of nitrogens with one attached hydrogen (secondary N) is 1. The molecule has 0 aliphatic rings. The Labute approximate surface area is 84.3 Å². The normalized spacial score (nSPS) is 11.3. The van der Waals surface area contributed by atoms with Gasteiger partial charge in [-0.25, -0.2) is 4.98 Å². The van der Waals surface area contributed by atoms with Crippen molar-refractivity contribution in [3.8, 4) is 0 Å². The SMILES string of the molecule is CC(=O)Nc1ccc(C(F)(F)F)nc1C. The lowest BCUT2D eigenvalue weighted by Crippen LogP contribution is -2.12. The van der Waals surface area contributed by atoms with Crippen LogP contribution in [0.3, 0.4) is 0 Å². The van der Waals surface area contributed by atoms with E-state index >= 15 is 0 Å². The van der Waals surface area contributed by atoms with E-state index in [1.807, 2.05) is 0 Å². The average molecular weight is 218 g/mol. The second kappa shape index (κ2) is 3.88. The second-order valence-electron chi connectivity index (χ2n) is 3.01. The maximum atomic E-state index is 12.2. The number of halogens is 3. The van der Waals surface area contributed by atoms with Crippen LogP contribution in [0.25, 0.3) is 0 Å². The number of anilines is 1. The largest absolute Gasteiger partial charge is 0.433 e. The zero-order valence-electron chi connectivity index (χ0n) is 8.14. The zero-order valence-corrected chi connectivity index (χ0v) is 8.14. The molecule has 0 aliphatic carbocycles. The summed E-state index contributed by atoms with van der Waals surface area (Å²) in [6, 6.07) is 2.02. The van der Waals surface area contributed by atoms with Gasteiger partial charge in [-0.1, -0.05) is 0 Å². The number of carbonyl (C=O) groups is 1. The summed E-state index contributed by atoms with van der Waals surface area (Å²) in [5.74, 6) is -0.348. The molecule has 1 aromatic heterocycles. The number of nitrogens with zero attached hydrogens (tertiary/aromatic N) is 1.